The van der Waals surface area contributed by atoms with Crippen LogP contribution in [0.3, 0.4) is 0 Å². The number of aryl methyl sites for hydroxylation is 3. The third kappa shape index (κ3) is 1.65. The number of benzene rings is 1. The summed E-state index contributed by atoms with van der Waals surface area (Å²) >= 11 is 0. The van der Waals surface area contributed by atoms with Gasteiger partial charge in [-0.25, -0.2) is 8.97 Å². The summed E-state index contributed by atoms with van der Waals surface area (Å²) in [6.45, 7) is 3.85. The molecule has 0 bridgehead atoms. The van der Waals surface area contributed by atoms with Gasteiger partial charge in [0, 0.05) is 5.56 Å². The van der Waals surface area contributed by atoms with Crippen LogP contribution in [0.2, 0.25) is 0 Å². The number of carbonyl (C=O) groups excluding carboxylic acids is 1. The Hall–Kier alpha value is -3.55. The van der Waals surface area contributed by atoms with Crippen LogP contribution >= 0.6 is 0 Å². The van der Waals surface area contributed by atoms with Crippen LogP contribution in [0, 0.1) is 13.8 Å². The maximum Gasteiger partial charge on any atom is 0.304 e. The minimum absolute atomic E-state index is 0.308. The lowest BCUT2D eigenvalue weighted by atomic mass is 10.1. The lowest BCUT2D eigenvalue weighted by Gasteiger charge is -2.12. The van der Waals surface area contributed by atoms with Crippen molar-refractivity contribution in [2.75, 3.05) is 12.8 Å². The zero-order valence-corrected chi connectivity index (χ0v) is 15.5. The van der Waals surface area contributed by atoms with E-state index >= 15 is 0 Å². The Bertz CT molecular complexity index is 1430. The lowest BCUT2D eigenvalue weighted by Crippen LogP contribution is -2.26. The van der Waals surface area contributed by atoms with Gasteiger partial charge in [-0.05, 0) is 26.0 Å². The van der Waals surface area contributed by atoms with Crippen molar-refractivity contribution in [1.29, 1.82) is 0 Å². The summed E-state index contributed by atoms with van der Waals surface area (Å²) in [6.07, 6.45) is 1.98. The maximum atomic E-state index is 12.3. The molecule has 27 heavy (non-hydrogen) atoms. The number of ether oxygens (including phenoxy) is 1. The van der Waals surface area contributed by atoms with Crippen molar-refractivity contribution < 1.29 is 14.1 Å². The van der Waals surface area contributed by atoms with Crippen molar-refractivity contribution in [2.45, 2.75) is 13.8 Å². The zero-order valence-electron chi connectivity index (χ0n) is 15.5. The summed E-state index contributed by atoms with van der Waals surface area (Å²) in [7, 11) is 3.58. The Kier molecular flexibility index (Phi) is 2.78. The van der Waals surface area contributed by atoms with Crippen LogP contribution in [-0.2, 0) is 7.05 Å². The first kappa shape index (κ1) is 15.7. The van der Waals surface area contributed by atoms with Gasteiger partial charge in [0.25, 0.3) is 5.91 Å². The van der Waals surface area contributed by atoms with Crippen molar-refractivity contribution >= 4 is 44.8 Å². The molecule has 1 aromatic carbocycles. The highest BCUT2D eigenvalue weighted by atomic mass is 16.5. The molecule has 0 spiro atoms. The molecule has 0 aliphatic carbocycles. The Morgan fingerprint density at radius 2 is 1.96 bits per heavy atom. The first-order chi connectivity index (χ1) is 12.9. The number of carbonyl (C=O) groups is 1. The molecule has 136 valence electrons. The number of nitrogens with zero attached hydrogens (tertiary/aromatic N) is 4. The van der Waals surface area contributed by atoms with Crippen molar-refractivity contribution in [3.63, 3.8) is 0 Å². The van der Waals surface area contributed by atoms with Gasteiger partial charge in [0.1, 0.15) is 28.3 Å². The number of pyridine rings is 1. The van der Waals surface area contributed by atoms with E-state index in [-0.39, 0.29) is 0 Å². The number of imidazole rings is 1. The number of amides is 1. The highest BCUT2D eigenvalue weighted by Gasteiger charge is 2.31. The number of aromatic nitrogens is 4. The number of hydrogen-bond acceptors (Lipinski definition) is 4. The summed E-state index contributed by atoms with van der Waals surface area (Å²) < 4.78 is 11.5. The molecule has 5 aromatic rings. The summed E-state index contributed by atoms with van der Waals surface area (Å²) in [5.41, 5.74) is 18.5. The fraction of sp³-hybridized carbons (Fsp3) is 0.211. The summed E-state index contributed by atoms with van der Waals surface area (Å²) in [5, 5.41) is 0.695. The molecule has 0 saturated carbocycles. The van der Waals surface area contributed by atoms with Gasteiger partial charge in [-0.3, -0.25) is 9.20 Å². The fourth-order valence-electron chi connectivity index (χ4n) is 4.32. The number of nitrogens with two attached hydrogens (primary N) is 2. The number of primary amides is 1. The smallest absolute Gasteiger partial charge is 0.304 e. The van der Waals surface area contributed by atoms with Gasteiger partial charge in [-0.2, -0.15) is 0 Å². The Balaban J connectivity index is 2.27. The number of nitrogen functional groups attached to an aromatic ring is 1. The second kappa shape index (κ2) is 4.79. The van der Waals surface area contributed by atoms with Gasteiger partial charge in [0.05, 0.1) is 30.6 Å². The molecule has 0 atom stereocenters. The molecule has 0 aliphatic rings. The van der Waals surface area contributed by atoms with Crippen molar-refractivity contribution in [3.05, 3.63) is 35.3 Å². The zero-order chi connectivity index (χ0) is 19.2. The van der Waals surface area contributed by atoms with E-state index in [1.54, 1.807) is 7.11 Å². The van der Waals surface area contributed by atoms with Crippen LogP contribution in [0.15, 0.2) is 18.5 Å². The Labute approximate surface area is 153 Å². The number of anilines is 1. The highest BCUT2D eigenvalue weighted by Crippen LogP contribution is 2.39. The van der Waals surface area contributed by atoms with Crippen LogP contribution in [-0.4, -0.2) is 26.8 Å². The molecule has 0 saturated heterocycles. The summed E-state index contributed by atoms with van der Waals surface area (Å²) in [4.78, 5) is 17.0. The van der Waals surface area contributed by atoms with Gasteiger partial charge < -0.3 is 16.2 Å². The van der Waals surface area contributed by atoms with Crippen LogP contribution in [0.1, 0.15) is 21.6 Å². The van der Waals surface area contributed by atoms with E-state index in [1.807, 2.05) is 48.3 Å². The molecule has 5 rings (SSSR count). The standard InChI is InChI=1S/C19H18N6O2/c1-8-11(27-4)6-5-10-14(8)25-15-12(13(17(25)20)18(21)26)9(2)22-19-16(15)24(10)7-23(19)3/h5-7H,1-4H3,(H3-,20,21,26)/p+1. The summed E-state index contributed by atoms with van der Waals surface area (Å²) in [5.74, 6) is 0.507. The molecule has 4 aromatic heterocycles. The number of fused-ring (bicyclic) bond motifs is 3. The van der Waals surface area contributed by atoms with E-state index in [9.17, 15) is 4.79 Å². The van der Waals surface area contributed by atoms with Gasteiger partial charge >= 0.3 is 5.65 Å². The number of rotatable bonds is 2. The fourth-order valence-corrected chi connectivity index (χ4v) is 4.32. The molecular weight excluding hydrogens is 344 g/mol. The molecule has 8 heteroatoms. The molecule has 0 unspecified atom stereocenters. The van der Waals surface area contributed by atoms with Crippen LogP contribution < -0.4 is 20.8 Å². The predicted molar refractivity (Wildman–Crippen MR) is 102 cm³/mol. The number of methoxy groups -OCH3 is 1. The molecule has 8 nitrogen and oxygen atoms in total. The maximum absolute atomic E-state index is 12.3. The molecule has 0 radical (unpaired) electrons. The second-order valence-electron chi connectivity index (χ2n) is 6.91. The molecule has 0 aliphatic heterocycles. The van der Waals surface area contributed by atoms with E-state index < -0.39 is 5.91 Å². The molecule has 0 fully saturated rings. The van der Waals surface area contributed by atoms with Crippen LogP contribution in [0.5, 0.6) is 5.75 Å². The predicted octanol–water partition coefficient (Wildman–Crippen LogP) is 1.46. The monoisotopic (exact) mass is 363 g/mol. The van der Waals surface area contributed by atoms with E-state index in [0.717, 1.165) is 39.0 Å². The lowest BCUT2D eigenvalue weighted by molar-refractivity contribution is -0.647. The molecule has 4 N–H and O–H groups in total. The van der Waals surface area contributed by atoms with Gasteiger partial charge in [-0.1, -0.05) is 0 Å². The normalized spacial score (nSPS) is 12.1. The number of hydrogen-bond donors (Lipinski definition) is 2. The van der Waals surface area contributed by atoms with E-state index in [1.165, 1.54) is 0 Å². The Morgan fingerprint density at radius 3 is 2.63 bits per heavy atom. The van der Waals surface area contributed by atoms with E-state index in [4.69, 9.17) is 21.2 Å². The first-order valence-corrected chi connectivity index (χ1v) is 8.56. The molecular formula is C19H19N6O2+. The average Bonchev–Trinajstić information content (AvgIpc) is 3.11. The van der Waals surface area contributed by atoms with E-state index in [0.29, 0.717) is 22.5 Å². The van der Waals surface area contributed by atoms with E-state index in [2.05, 4.69) is 4.40 Å². The third-order valence-corrected chi connectivity index (χ3v) is 5.45. The van der Waals surface area contributed by atoms with Crippen LogP contribution in [0.4, 0.5) is 5.82 Å². The highest BCUT2D eigenvalue weighted by molar-refractivity contribution is 6.18. The van der Waals surface area contributed by atoms with Gasteiger partial charge in [0.15, 0.2) is 6.33 Å². The molecule has 1 amide bonds. The Morgan fingerprint density at radius 1 is 1.22 bits per heavy atom. The average molecular weight is 363 g/mol. The topological polar surface area (TPSA) is 104 Å². The van der Waals surface area contributed by atoms with Gasteiger partial charge in [-0.15, -0.1) is 4.98 Å². The van der Waals surface area contributed by atoms with Crippen molar-refractivity contribution in [1.82, 2.24) is 13.8 Å². The van der Waals surface area contributed by atoms with Crippen molar-refractivity contribution in [3.8, 4) is 5.75 Å². The van der Waals surface area contributed by atoms with Crippen molar-refractivity contribution in [2.24, 2.45) is 12.8 Å². The quantitative estimate of drug-likeness (QED) is 0.366. The summed E-state index contributed by atoms with van der Waals surface area (Å²) in [6, 6.07) is 3.91. The SMILES string of the molecule is COc1ccc2c(c1C)n1c(N)c(C(N)=O)c3c(C)nc4c(c31)n2c[n+]4C. The van der Waals surface area contributed by atoms with Crippen LogP contribution in [0.25, 0.3) is 33.1 Å². The molecule has 4 heterocycles. The first-order valence-electron chi connectivity index (χ1n) is 8.56. The minimum Gasteiger partial charge on any atom is -0.496 e. The minimum atomic E-state index is -0.563. The third-order valence-electron chi connectivity index (χ3n) is 5.45. The largest absolute Gasteiger partial charge is 0.496 e. The second-order valence-corrected chi connectivity index (χ2v) is 6.91. The van der Waals surface area contributed by atoms with Gasteiger partial charge in [0.2, 0.25) is 5.52 Å².